The van der Waals surface area contributed by atoms with Crippen molar-refractivity contribution < 1.29 is 13.9 Å². The Morgan fingerprint density at radius 1 is 1.06 bits per heavy atom. The van der Waals surface area contributed by atoms with Crippen LogP contribution in [0.3, 0.4) is 0 Å². The van der Waals surface area contributed by atoms with Crippen LogP contribution in [0.2, 0.25) is 5.02 Å². The number of halogens is 3. The van der Waals surface area contributed by atoms with E-state index >= 15 is 0 Å². The van der Waals surface area contributed by atoms with E-state index in [0.717, 1.165) is 17.7 Å². The molecule has 2 rings (SSSR count). The van der Waals surface area contributed by atoms with E-state index in [1.165, 1.54) is 6.07 Å². The van der Waals surface area contributed by atoms with E-state index in [1.807, 2.05) is 0 Å². The van der Waals surface area contributed by atoms with Gasteiger partial charge >= 0.3 is 0 Å². The molecule has 18 heavy (non-hydrogen) atoms. The average molecular weight is 269 g/mol. The van der Waals surface area contributed by atoms with Crippen LogP contribution in [0.1, 0.15) is 22.8 Å². The van der Waals surface area contributed by atoms with Gasteiger partial charge in [0.15, 0.2) is 0 Å². The Morgan fingerprint density at radius 2 is 1.72 bits per heavy atom. The van der Waals surface area contributed by atoms with Gasteiger partial charge in [0.05, 0.1) is 0 Å². The molecule has 0 aliphatic heterocycles. The van der Waals surface area contributed by atoms with Gasteiger partial charge in [0.2, 0.25) is 0 Å². The number of hydrogen-bond donors (Lipinski definition) is 1. The molecule has 1 atom stereocenters. The SMILES string of the molecule is Cc1cc(Cl)ccc1C(O)c1ccc(F)cc1F. The molecule has 0 aliphatic carbocycles. The second-order valence-corrected chi connectivity index (χ2v) is 4.51. The van der Waals surface area contributed by atoms with E-state index in [2.05, 4.69) is 0 Å². The summed E-state index contributed by atoms with van der Waals surface area (Å²) in [7, 11) is 0. The van der Waals surface area contributed by atoms with Crippen molar-refractivity contribution in [3.05, 3.63) is 69.7 Å². The molecule has 1 unspecified atom stereocenters. The fourth-order valence-corrected chi connectivity index (χ4v) is 2.06. The number of aliphatic hydroxyl groups is 1. The van der Waals surface area contributed by atoms with Gasteiger partial charge in [-0.2, -0.15) is 0 Å². The van der Waals surface area contributed by atoms with E-state index in [1.54, 1.807) is 25.1 Å². The monoisotopic (exact) mass is 268 g/mol. The third-order valence-corrected chi connectivity index (χ3v) is 3.02. The van der Waals surface area contributed by atoms with Crippen LogP contribution < -0.4 is 0 Å². The van der Waals surface area contributed by atoms with Gasteiger partial charge in [0, 0.05) is 16.7 Å². The second-order valence-electron chi connectivity index (χ2n) is 4.07. The molecule has 2 aromatic rings. The fourth-order valence-electron chi connectivity index (χ4n) is 1.84. The maximum absolute atomic E-state index is 13.6. The lowest BCUT2D eigenvalue weighted by Crippen LogP contribution is -2.04. The van der Waals surface area contributed by atoms with Gasteiger partial charge in [0.25, 0.3) is 0 Å². The predicted octanol–water partition coefficient (Wildman–Crippen LogP) is 4.01. The highest BCUT2D eigenvalue weighted by molar-refractivity contribution is 6.30. The van der Waals surface area contributed by atoms with Crippen molar-refractivity contribution in [3.63, 3.8) is 0 Å². The highest BCUT2D eigenvalue weighted by atomic mass is 35.5. The summed E-state index contributed by atoms with van der Waals surface area (Å²) in [6, 6.07) is 8.04. The van der Waals surface area contributed by atoms with Crippen molar-refractivity contribution in [2.24, 2.45) is 0 Å². The quantitative estimate of drug-likeness (QED) is 0.873. The Hall–Kier alpha value is -1.45. The van der Waals surface area contributed by atoms with Gasteiger partial charge < -0.3 is 5.11 Å². The van der Waals surface area contributed by atoms with Crippen molar-refractivity contribution >= 4 is 11.6 Å². The normalized spacial score (nSPS) is 12.5. The standard InChI is InChI=1S/C14H11ClF2O/c1-8-6-9(15)2-4-11(8)14(18)12-5-3-10(16)7-13(12)17/h2-7,14,18H,1H3. The minimum atomic E-state index is -1.14. The lowest BCUT2D eigenvalue weighted by Gasteiger charge is -2.15. The van der Waals surface area contributed by atoms with Crippen LogP contribution in [0.15, 0.2) is 36.4 Å². The molecule has 1 nitrogen and oxygen atoms in total. The first-order valence-electron chi connectivity index (χ1n) is 5.38. The Kier molecular flexibility index (Phi) is 3.64. The zero-order valence-electron chi connectivity index (χ0n) is 9.62. The molecule has 0 amide bonds. The van der Waals surface area contributed by atoms with Crippen molar-refractivity contribution in [3.8, 4) is 0 Å². The Labute approximate surface area is 109 Å². The minimum Gasteiger partial charge on any atom is -0.384 e. The molecule has 0 bridgehead atoms. The Bertz CT molecular complexity index is 533. The first-order chi connectivity index (χ1) is 8.49. The Morgan fingerprint density at radius 3 is 2.33 bits per heavy atom. The predicted molar refractivity (Wildman–Crippen MR) is 66.6 cm³/mol. The van der Waals surface area contributed by atoms with Crippen molar-refractivity contribution in [1.29, 1.82) is 0 Å². The summed E-state index contributed by atoms with van der Waals surface area (Å²) < 4.78 is 26.4. The van der Waals surface area contributed by atoms with Crippen LogP contribution in [0.5, 0.6) is 0 Å². The average Bonchev–Trinajstić information content (AvgIpc) is 2.28. The van der Waals surface area contributed by atoms with Gasteiger partial charge in [-0.05, 0) is 36.2 Å². The minimum absolute atomic E-state index is 0.0434. The number of aryl methyl sites for hydroxylation is 1. The van der Waals surface area contributed by atoms with Gasteiger partial charge in [-0.3, -0.25) is 0 Å². The van der Waals surface area contributed by atoms with E-state index < -0.39 is 17.7 Å². The van der Waals surface area contributed by atoms with Crippen LogP contribution in [0, 0.1) is 18.6 Å². The molecule has 0 aliphatic rings. The van der Waals surface area contributed by atoms with Crippen LogP contribution in [0.25, 0.3) is 0 Å². The summed E-state index contributed by atoms with van der Waals surface area (Å²) in [5.74, 6) is -1.44. The summed E-state index contributed by atoms with van der Waals surface area (Å²) >= 11 is 5.81. The summed E-state index contributed by atoms with van der Waals surface area (Å²) in [6.45, 7) is 1.77. The summed E-state index contributed by atoms with van der Waals surface area (Å²) in [4.78, 5) is 0. The van der Waals surface area contributed by atoms with Crippen molar-refractivity contribution in [2.45, 2.75) is 13.0 Å². The summed E-state index contributed by atoms with van der Waals surface area (Å²) in [5.41, 5.74) is 1.34. The molecule has 0 saturated heterocycles. The smallest absolute Gasteiger partial charge is 0.132 e. The molecule has 0 spiro atoms. The first kappa shape index (κ1) is 13.0. The second kappa shape index (κ2) is 5.04. The van der Waals surface area contributed by atoms with Gasteiger partial charge in [-0.1, -0.05) is 23.7 Å². The van der Waals surface area contributed by atoms with E-state index in [4.69, 9.17) is 11.6 Å². The summed E-state index contributed by atoms with van der Waals surface area (Å²) in [6.07, 6.45) is -1.14. The van der Waals surface area contributed by atoms with E-state index in [-0.39, 0.29) is 5.56 Å². The molecule has 94 valence electrons. The molecular formula is C14H11ClF2O. The van der Waals surface area contributed by atoms with Crippen molar-refractivity contribution in [2.75, 3.05) is 0 Å². The number of benzene rings is 2. The molecule has 0 saturated carbocycles. The van der Waals surface area contributed by atoms with Gasteiger partial charge in [-0.25, -0.2) is 8.78 Å². The van der Waals surface area contributed by atoms with Crippen LogP contribution >= 0.6 is 11.6 Å². The third-order valence-electron chi connectivity index (χ3n) is 2.78. The molecule has 0 fully saturated rings. The lowest BCUT2D eigenvalue weighted by molar-refractivity contribution is 0.214. The van der Waals surface area contributed by atoms with Crippen molar-refractivity contribution in [1.82, 2.24) is 0 Å². The lowest BCUT2D eigenvalue weighted by atomic mass is 9.97. The topological polar surface area (TPSA) is 20.2 Å². The number of hydrogen-bond acceptors (Lipinski definition) is 1. The maximum Gasteiger partial charge on any atom is 0.132 e. The van der Waals surface area contributed by atoms with Crippen LogP contribution in [-0.2, 0) is 0 Å². The van der Waals surface area contributed by atoms with Gasteiger partial charge in [0.1, 0.15) is 17.7 Å². The molecule has 1 N–H and O–H groups in total. The molecular weight excluding hydrogens is 258 g/mol. The summed E-state index contributed by atoms with van der Waals surface area (Å²) in [5, 5.41) is 10.7. The van der Waals surface area contributed by atoms with Crippen LogP contribution in [0.4, 0.5) is 8.78 Å². The molecule has 2 aromatic carbocycles. The van der Waals surface area contributed by atoms with Gasteiger partial charge in [-0.15, -0.1) is 0 Å². The molecule has 0 aromatic heterocycles. The number of aliphatic hydroxyl groups excluding tert-OH is 1. The van der Waals surface area contributed by atoms with E-state index in [9.17, 15) is 13.9 Å². The zero-order chi connectivity index (χ0) is 13.3. The van der Waals surface area contributed by atoms with E-state index in [0.29, 0.717) is 10.6 Å². The zero-order valence-corrected chi connectivity index (χ0v) is 10.4. The highest BCUT2D eigenvalue weighted by Crippen LogP contribution is 2.28. The highest BCUT2D eigenvalue weighted by Gasteiger charge is 2.17. The Balaban J connectivity index is 2.44. The third kappa shape index (κ3) is 2.52. The molecule has 0 heterocycles. The molecule has 4 heteroatoms. The van der Waals surface area contributed by atoms with Crippen LogP contribution in [-0.4, -0.2) is 5.11 Å². The first-order valence-corrected chi connectivity index (χ1v) is 5.76. The largest absolute Gasteiger partial charge is 0.384 e. The number of rotatable bonds is 2. The maximum atomic E-state index is 13.6. The fraction of sp³-hybridized carbons (Fsp3) is 0.143. The molecule has 0 radical (unpaired) electrons.